The van der Waals surface area contributed by atoms with E-state index in [-0.39, 0.29) is 0 Å². The number of halogens is 2. The van der Waals surface area contributed by atoms with E-state index in [4.69, 9.17) is 0 Å². The molecule has 0 aliphatic carbocycles. The van der Waals surface area contributed by atoms with Gasteiger partial charge < -0.3 is 0 Å². The molecule has 0 aliphatic rings. The van der Waals surface area contributed by atoms with Gasteiger partial charge in [-0.25, -0.2) is 4.98 Å². The van der Waals surface area contributed by atoms with Crippen molar-refractivity contribution in [3.05, 3.63) is 21.3 Å². The maximum absolute atomic E-state index is 4.45. The van der Waals surface area contributed by atoms with Gasteiger partial charge in [0.15, 0.2) is 0 Å². The summed E-state index contributed by atoms with van der Waals surface area (Å²) in [5.41, 5.74) is 0.730. The number of isothiocyanates is 1. The summed E-state index contributed by atoms with van der Waals surface area (Å²) in [6.45, 7) is 0. The molecule has 1 aromatic heterocycles. The number of nitrogens with zero attached hydrogens (tertiary/aromatic N) is 2. The summed E-state index contributed by atoms with van der Waals surface area (Å²) in [6.07, 6.45) is 0. The van der Waals surface area contributed by atoms with Crippen LogP contribution in [0.15, 0.2) is 26.3 Å². The van der Waals surface area contributed by atoms with Crippen molar-refractivity contribution in [3.8, 4) is 0 Å². The van der Waals surface area contributed by atoms with Crippen LogP contribution in [0.4, 0.5) is 5.69 Å². The lowest BCUT2D eigenvalue weighted by atomic mass is 10.4. The normalized spacial score (nSPS) is 8.91. The van der Waals surface area contributed by atoms with Crippen LogP contribution in [0, 0.1) is 0 Å². The Balaban J connectivity index is 3.18. The van der Waals surface area contributed by atoms with Gasteiger partial charge in [0.25, 0.3) is 0 Å². The van der Waals surface area contributed by atoms with Gasteiger partial charge in [-0.3, -0.25) is 0 Å². The average molecular weight is 294 g/mol. The minimum absolute atomic E-state index is 0.718. The van der Waals surface area contributed by atoms with Gasteiger partial charge in [0.2, 0.25) is 0 Å². The second kappa shape index (κ2) is 4.07. The van der Waals surface area contributed by atoms with Gasteiger partial charge in [-0.1, -0.05) is 0 Å². The van der Waals surface area contributed by atoms with Crippen molar-refractivity contribution in [1.29, 1.82) is 0 Å². The zero-order valence-electron chi connectivity index (χ0n) is 5.21. The number of hydrogen-bond donors (Lipinski definition) is 0. The molecule has 0 amide bonds. The molecule has 5 heteroatoms. The first kappa shape index (κ1) is 9.00. The predicted octanol–water partition coefficient (Wildman–Crippen LogP) is 3.34. The number of rotatable bonds is 1. The van der Waals surface area contributed by atoms with Crippen LogP contribution in [0.3, 0.4) is 0 Å². The fourth-order valence-corrected chi connectivity index (χ4v) is 1.76. The molecule has 2 nitrogen and oxygen atoms in total. The second-order valence-corrected chi connectivity index (χ2v) is 3.48. The SMILES string of the molecule is S=C=Nc1cc(Br)nc(Br)c1. The highest BCUT2D eigenvalue weighted by Crippen LogP contribution is 2.21. The Morgan fingerprint density at radius 2 is 1.91 bits per heavy atom. The monoisotopic (exact) mass is 292 g/mol. The molecular weight excluding hydrogens is 292 g/mol. The second-order valence-electron chi connectivity index (χ2n) is 1.67. The minimum atomic E-state index is 0.718. The lowest BCUT2D eigenvalue weighted by Gasteiger charge is -1.93. The van der Waals surface area contributed by atoms with Crippen molar-refractivity contribution >= 4 is 54.9 Å². The molecule has 0 saturated heterocycles. The molecule has 0 aromatic carbocycles. The van der Waals surface area contributed by atoms with Gasteiger partial charge in [-0.05, 0) is 56.2 Å². The zero-order chi connectivity index (χ0) is 8.27. The molecule has 1 aromatic rings. The summed E-state index contributed by atoms with van der Waals surface area (Å²) in [7, 11) is 0. The molecule has 0 radical (unpaired) electrons. The molecule has 56 valence electrons. The molecule has 1 rings (SSSR count). The number of hydrogen-bond acceptors (Lipinski definition) is 3. The highest BCUT2D eigenvalue weighted by atomic mass is 79.9. The van der Waals surface area contributed by atoms with Crippen molar-refractivity contribution in [2.24, 2.45) is 4.99 Å². The molecule has 11 heavy (non-hydrogen) atoms. The highest BCUT2D eigenvalue weighted by molar-refractivity contribution is 9.11. The van der Waals surface area contributed by atoms with Crippen LogP contribution >= 0.6 is 44.1 Å². The predicted molar refractivity (Wildman–Crippen MR) is 54.3 cm³/mol. The Kier molecular flexibility index (Phi) is 3.33. The lowest BCUT2D eigenvalue weighted by Crippen LogP contribution is -1.75. The van der Waals surface area contributed by atoms with Crippen molar-refractivity contribution in [2.45, 2.75) is 0 Å². The Morgan fingerprint density at radius 1 is 1.36 bits per heavy atom. The summed E-state index contributed by atoms with van der Waals surface area (Å²) in [4.78, 5) is 7.82. The van der Waals surface area contributed by atoms with Crippen molar-refractivity contribution in [2.75, 3.05) is 0 Å². The largest absolute Gasteiger partial charge is 0.234 e. The van der Waals surface area contributed by atoms with Crippen molar-refractivity contribution < 1.29 is 0 Å². The maximum Gasteiger partial charge on any atom is 0.109 e. The zero-order valence-corrected chi connectivity index (χ0v) is 9.20. The lowest BCUT2D eigenvalue weighted by molar-refractivity contribution is 1.22. The molecule has 1 heterocycles. The van der Waals surface area contributed by atoms with Crippen molar-refractivity contribution in [3.63, 3.8) is 0 Å². The van der Waals surface area contributed by atoms with Crippen LogP contribution in [-0.2, 0) is 0 Å². The number of pyridine rings is 1. The molecule has 0 N–H and O–H groups in total. The van der Waals surface area contributed by atoms with Crippen LogP contribution < -0.4 is 0 Å². The quantitative estimate of drug-likeness (QED) is 0.451. The number of aliphatic imine (C=N–C) groups is 1. The van der Waals surface area contributed by atoms with E-state index < -0.39 is 0 Å². The molecular formula is C6H2Br2N2S. The summed E-state index contributed by atoms with van der Waals surface area (Å²) < 4.78 is 1.44. The highest BCUT2D eigenvalue weighted by Gasteiger charge is 1.95. The Bertz CT molecular complexity index is 300. The topological polar surface area (TPSA) is 25.2 Å². The van der Waals surface area contributed by atoms with Crippen LogP contribution in [0.1, 0.15) is 0 Å². The van der Waals surface area contributed by atoms with Gasteiger partial charge in [0.1, 0.15) is 9.21 Å². The van der Waals surface area contributed by atoms with Crippen LogP contribution in [-0.4, -0.2) is 10.1 Å². The standard InChI is InChI=1S/C6H2Br2N2S/c7-5-1-4(9-3-11)2-6(8)10-5/h1-2H. The third kappa shape index (κ3) is 2.79. The average Bonchev–Trinajstić information content (AvgIpc) is 1.85. The third-order valence-corrected chi connectivity index (χ3v) is 1.83. The maximum atomic E-state index is 4.45. The fourth-order valence-electron chi connectivity index (χ4n) is 0.570. The van der Waals surface area contributed by atoms with E-state index in [2.05, 4.69) is 59.2 Å². The van der Waals surface area contributed by atoms with E-state index in [1.165, 1.54) is 0 Å². The Hall–Kier alpha value is -0.0900. The molecule has 0 bridgehead atoms. The van der Waals surface area contributed by atoms with E-state index in [0.717, 1.165) is 14.9 Å². The van der Waals surface area contributed by atoms with Crippen LogP contribution in [0.25, 0.3) is 0 Å². The Morgan fingerprint density at radius 3 is 2.36 bits per heavy atom. The van der Waals surface area contributed by atoms with Crippen LogP contribution in [0.5, 0.6) is 0 Å². The van der Waals surface area contributed by atoms with Crippen molar-refractivity contribution in [1.82, 2.24) is 4.98 Å². The fraction of sp³-hybridized carbons (Fsp3) is 0. The smallest absolute Gasteiger partial charge is 0.109 e. The number of thiocarbonyl (C=S) groups is 1. The summed E-state index contributed by atoms with van der Waals surface area (Å²) in [6, 6.07) is 3.51. The molecule has 0 saturated carbocycles. The molecule has 0 fully saturated rings. The van der Waals surface area contributed by atoms with E-state index >= 15 is 0 Å². The third-order valence-electron chi connectivity index (χ3n) is 0.922. The summed E-state index contributed by atoms with van der Waals surface area (Å²) in [5, 5.41) is 2.28. The van der Waals surface area contributed by atoms with E-state index in [0.29, 0.717) is 0 Å². The first-order valence-electron chi connectivity index (χ1n) is 2.63. The van der Waals surface area contributed by atoms with Crippen LogP contribution in [0.2, 0.25) is 0 Å². The first-order valence-corrected chi connectivity index (χ1v) is 4.63. The summed E-state index contributed by atoms with van der Waals surface area (Å²) in [5.74, 6) is 0. The van der Waals surface area contributed by atoms with Gasteiger partial charge in [-0.2, -0.15) is 4.99 Å². The van der Waals surface area contributed by atoms with E-state index in [1.807, 2.05) is 0 Å². The van der Waals surface area contributed by atoms with Gasteiger partial charge >= 0.3 is 0 Å². The molecule has 0 spiro atoms. The molecule has 0 aliphatic heterocycles. The van der Waals surface area contributed by atoms with E-state index in [1.54, 1.807) is 12.1 Å². The molecule has 0 atom stereocenters. The van der Waals surface area contributed by atoms with E-state index in [9.17, 15) is 0 Å². The molecule has 0 unspecified atom stereocenters. The van der Waals surface area contributed by atoms with Gasteiger partial charge in [-0.15, -0.1) is 0 Å². The Labute approximate surface area is 86.0 Å². The van der Waals surface area contributed by atoms with Gasteiger partial charge in [0.05, 0.1) is 10.8 Å². The summed E-state index contributed by atoms with van der Waals surface area (Å²) >= 11 is 10.9. The first-order chi connectivity index (χ1) is 5.22. The van der Waals surface area contributed by atoms with Gasteiger partial charge in [0, 0.05) is 0 Å². The number of aromatic nitrogens is 1. The minimum Gasteiger partial charge on any atom is -0.234 e.